The number of anilines is 1. The van der Waals surface area contributed by atoms with E-state index >= 15 is 0 Å². The summed E-state index contributed by atoms with van der Waals surface area (Å²) in [5.41, 5.74) is 9.84. The van der Waals surface area contributed by atoms with Gasteiger partial charge in [-0.15, -0.1) is 0 Å². The van der Waals surface area contributed by atoms with Gasteiger partial charge in [-0.3, -0.25) is 9.36 Å². The van der Waals surface area contributed by atoms with E-state index in [2.05, 4.69) is 19.2 Å². The molecule has 0 atom stereocenters. The predicted molar refractivity (Wildman–Crippen MR) is 118 cm³/mol. The van der Waals surface area contributed by atoms with Crippen LogP contribution < -0.4 is 11.1 Å². The number of benzene rings is 2. The molecular weight excluding hydrogens is 386 g/mol. The van der Waals surface area contributed by atoms with Crippen molar-refractivity contribution in [2.75, 3.05) is 12.3 Å². The van der Waals surface area contributed by atoms with Crippen molar-refractivity contribution in [1.29, 1.82) is 0 Å². The van der Waals surface area contributed by atoms with E-state index in [9.17, 15) is 4.79 Å². The van der Waals surface area contributed by atoms with E-state index in [0.29, 0.717) is 45.4 Å². The number of nitrogens with two attached hydrogens (primary N) is 1. The van der Waals surface area contributed by atoms with Gasteiger partial charge >= 0.3 is 0 Å². The number of hydrogen-bond donors (Lipinski definition) is 2. The Hall–Kier alpha value is -3.12. The zero-order valence-electron chi connectivity index (χ0n) is 16.3. The van der Waals surface area contributed by atoms with Gasteiger partial charge in [0.1, 0.15) is 16.9 Å². The number of aromatic nitrogens is 3. The van der Waals surface area contributed by atoms with Gasteiger partial charge in [0.15, 0.2) is 5.65 Å². The summed E-state index contributed by atoms with van der Waals surface area (Å²) in [6.07, 6.45) is 0.878. The third-order valence-corrected chi connectivity index (χ3v) is 5.15. The second kappa shape index (κ2) is 7.72. The van der Waals surface area contributed by atoms with Crippen LogP contribution in [-0.2, 0) is 0 Å². The predicted octanol–water partition coefficient (Wildman–Crippen LogP) is 4.59. The molecule has 0 spiro atoms. The van der Waals surface area contributed by atoms with Gasteiger partial charge in [-0.1, -0.05) is 49.7 Å². The Balaban J connectivity index is 1.95. The molecule has 29 heavy (non-hydrogen) atoms. The molecule has 0 unspecified atom stereocenters. The van der Waals surface area contributed by atoms with E-state index in [1.165, 1.54) is 0 Å². The second-order valence-electron chi connectivity index (χ2n) is 7.37. The SMILES string of the molecule is CC(C)CCNC(=O)c1c(N)n(-c2ccccc2Cl)c2nc3ccccc3nc12. The van der Waals surface area contributed by atoms with Crippen molar-refractivity contribution in [3.05, 3.63) is 59.1 Å². The van der Waals surface area contributed by atoms with Crippen LogP contribution in [0.25, 0.3) is 27.9 Å². The summed E-state index contributed by atoms with van der Waals surface area (Å²) in [7, 11) is 0. The normalized spacial score (nSPS) is 11.4. The first-order valence-electron chi connectivity index (χ1n) is 9.57. The molecule has 4 aromatic rings. The third-order valence-electron chi connectivity index (χ3n) is 4.83. The number of amides is 1. The highest BCUT2D eigenvalue weighted by Crippen LogP contribution is 2.33. The standard InChI is InChI=1S/C22H22ClN5O/c1-13(2)11-12-25-22(29)18-19-21(27-16-9-5-4-8-15(16)26-19)28(20(18)24)17-10-6-3-7-14(17)23/h3-10,13H,11-12,24H2,1-2H3,(H,25,29). The second-order valence-corrected chi connectivity index (χ2v) is 7.78. The lowest BCUT2D eigenvalue weighted by molar-refractivity contribution is 0.0954. The number of para-hydroxylation sites is 3. The maximum Gasteiger partial charge on any atom is 0.257 e. The average Bonchev–Trinajstić information content (AvgIpc) is 2.97. The molecule has 1 amide bonds. The van der Waals surface area contributed by atoms with Gasteiger partial charge in [0.25, 0.3) is 5.91 Å². The van der Waals surface area contributed by atoms with Gasteiger partial charge in [-0.2, -0.15) is 0 Å². The molecule has 0 aliphatic heterocycles. The van der Waals surface area contributed by atoms with Gasteiger partial charge in [0.2, 0.25) is 0 Å². The maximum absolute atomic E-state index is 13.0. The van der Waals surface area contributed by atoms with Crippen LogP contribution in [0.3, 0.4) is 0 Å². The summed E-state index contributed by atoms with van der Waals surface area (Å²) in [6, 6.07) is 14.9. The molecule has 0 aliphatic carbocycles. The fourth-order valence-electron chi connectivity index (χ4n) is 3.33. The lowest BCUT2D eigenvalue weighted by Crippen LogP contribution is -2.26. The fourth-order valence-corrected chi connectivity index (χ4v) is 3.55. The Morgan fingerprint density at radius 1 is 1.10 bits per heavy atom. The largest absolute Gasteiger partial charge is 0.384 e. The van der Waals surface area contributed by atoms with Gasteiger partial charge in [0.05, 0.1) is 21.7 Å². The first kappa shape index (κ1) is 19.2. The molecule has 7 heteroatoms. The van der Waals surface area contributed by atoms with Crippen molar-refractivity contribution in [3.63, 3.8) is 0 Å². The summed E-state index contributed by atoms with van der Waals surface area (Å²) >= 11 is 6.43. The van der Waals surface area contributed by atoms with Gasteiger partial charge in [-0.05, 0) is 36.6 Å². The summed E-state index contributed by atoms with van der Waals surface area (Å²) in [4.78, 5) is 22.5. The molecule has 6 nitrogen and oxygen atoms in total. The summed E-state index contributed by atoms with van der Waals surface area (Å²) in [6.45, 7) is 4.79. The quantitative estimate of drug-likeness (QED) is 0.506. The molecule has 3 N–H and O–H groups in total. The zero-order valence-corrected chi connectivity index (χ0v) is 17.1. The number of nitrogens with zero attached hydrogens (tertiary/aromatic N) is 3. The number of hydrogen-bond acceptors (Lipinski definition) is 4. The molecule has 4 rings (SSSR count). The van der Waals surface area contributed by atoms with Crippen molar-refractivity contribution < 1.29 is 4.79 Å². The lowest BCUT2D eigenvalue weighted by atomic mass is 10.1. The number of halogens is 1. The molecule has 0 saturated carbocycles. The van der Waals surface area contributed by atoms with Crippen LogP contribution in [0, 0.1) is 5.92 Å². The summed E-state index contributed by atoms with van der Waals surface area (Å²) < 4.78 is 1.70. The van der Waals surface area contributed by atoms with E-state index in [4.69, 9.17) is 27.3 Å². The molecule has 0 radical (unpaired) electrons. The van der Waals surface area contributed by atoms with Crippen molar-refractivity contribution >= 4 is 45.5 Å². The first-order chi connectivity index (χ1) is 14.0. The Bertz CT molecular complexity index is 1210. The number of fused-ring (bicyclic) bond motifs is 2. The van der Waals surface area contributed by atoms with Gasteiger partial charge in [0, 0.05) is 6.54 Å². The third kappa shape index (κ3) is 3.51. The van der Waals surface area contributed by atoms with Crippen LogP contribution >= 0.6 is 11.6 Å². The Morgan fingerprint density at radius 3 is 2.45 bits per heavy atom. The topological polar surface area (TPSA) is 85.8 Å². The Kier molecular flexibility index (Phi) is 5.11. The Morgan fingerprint density at radius 2 is 1.76 bits per heavy atom. The van der Waals surface area contributed by atoms with Crippen LogP contribution in [0.5, 0.6) is 0 Å². The van der Waals surface area contributed by atoms with Crippen LogP contribution in [0.4, 0.5) is 5.82 Å². The fraction of sp³-hybridized carbons (Fsp3) is 0.227. The molecule has 0 saturated heterocycles. The molecule has 2 heterocycles. The minimum absolute atomic E-state index is 0.261. The smallest absolute Gasteiger partial charge is 0.257 e. The van der Waals surface area contributed by atoms with E-state index in [1.54, 1.807) is 10.6 Å². The molecule has 2 aromatic heterocycles. The van der Waals surface area contributed by atoms with Crippen LogP contribution in [0.15, 0.2) is 48.5 Å². The number of nitrogen functional groups attached to an aromatic ring is 1. The highest BCUT2D eigenvalue weighted by molar-refractivity contribution is 6.32. The van der Waals surface area contributed by atoms with E-state index < -0.39 is 0 Å². The van der Waals surface area contributed by atoms with E-state index in [0.717, 1.165) is 11.9 Å². The van der Waals surface area contributed by atoms with Crippen molar-refractivity contribution in [2.45, 2.75) is 20.3 Å². The average molecular weight is 408 g/mol. The van der Waals surface area contributed by atoms with Crippen molar-refractivity contribution in [1.82, 2.24) is 19.9 Å². The van der Waals surface area contributed by atoms with Gasteiger partial charge in [-0.25, -0.2) is 9.97 Å². The monoisotopic (exact) mass is 407 g/mol. The molecule has 2 aromatic carbocycles. The van der Waals surface area contributed by atoms with Crippen molar-refractivity contribution in [2.24, 2.45) is 5.92 Å². The van der Waals surface area contributed by atoms with E-state index in [-0.39, 0.29) is 11.7 Å². The van der Waals surface area contributed by atoms with Gasteiger partial charge < -0.3 is 11.1 Å². The molecule has 148 valence electrons. The van der Waals surface area contributed by atoms with E-state index in [1.807, 2.05) is 42.5 Å². The van der Waals surface area contributed by atoms with Crippen LogP contribution in [0.1, 0.15) is 30.6 Å². The zero-order chi connectivity index (χ0) is 20.5. The molecular formula is C22H22ClN5O. The Labute approximate surface area is 173 Å². The minimum Gasteiger partial charge on any atom is -0.384 e. The first-order valence-corrected chi connectivity index (χ1v) is 9.95. The minimum atomic E-state index is -0.261. The number of carbonyl (C=O) groups excluding carboxylic acids is 1. The van der Waals surface area contributed by atoms with Crippen LogP contribution in [-0.4, -0.2) is 27.0 Å². The molecule has 0 bridgehead atoms. The lowest BCUT2D eigenvalue weighted by Gasteiger charge is -2.10. The number of rotatable bonds is 5. The van der Waals surface area contributed by atoms with Crippen molar-refractivity contribution in [3.8, 4) is 5.69 Å². The number of carbonyl (C=O) groups is 1. The highest BCUT2D eigenvalue weighted by atomic mass is 35.5. The number of nitrogens with one attached hydrogen (secondary N) is 1. The molecule has 0 fully saturated rings. The summed E-state index contributed by atoms with van der Waals surface area (Å²) in [5, 5.41) is 3.47. The molecule has 0 aliphatic rings. The summed E-state index contributed by atoms with van der Waals surface area (Å²) in [5.74, 6) is 0.495. The van der Waals surface area contributed by atoms with Crippen LogP contribution in [0.2, 0.25) is 5.02 Å². The maximum atomic E-state index is 13.0. The highest BCUT2D eigenvalue weighted by Gasteiger charge is 2.25.